The minimum atomic E-state index is -1.08. The molecule has 0 radical (unpaired) electrons. The summed E-state index contributed by atoms with van der Waals surface area (Å²) in [5, 5.41) is 10.8. The zero-order valence-corrected chi connectivity index (χ0v) is 10.5. The van der Waals surface area contributed by atoms with E-state index in [2.05, 4.69) is 0 Å². The van der Waals surface area contributed by atoms with E-state index in [-0.39, 0.29) is 6.10 Å². The van der Waals surface area contributed by atoms with Crippen LogP contribution < -0.4 is 0 Å². The molecule has 1 N–H and O–H groups in total. The van der Waals surface area contributed by atoms with Crippen LogP contribution in [-0.2, 0) is 10.3 Å². The molecule has 0 unspecified atom stereocenters. The quantitative estimate of drug-likeness (QED) is 0.882. The van der Waals surface area contributed by atoms with Gasteiger partial charge in [0.1, 0.15) is 5.82 Å². The zero-order chi connectivity index (χ0) is 12.5. The molecule has 0 spiro atoms. The predicted octanol–water partition coefficient (Wildman–Crippen LogP) is 3.26. The number of hydrogen-bond acceptors (Lipinski definition) is 2. The lowest BCUT2D eigenvalue weighted by atomic mass is 9.78. The third-order valence-electron chi connectivity index (χ3n) is 3.53. The second-order valence-corrected chi connectivity index (χ2v) is 5.03. The highest BCUT2D eigenvalue weighted by Gasteiger charge is 2.36. The Morgan fingerprint density at radius 1 is 1.41 bits per heavy atom. The van der Waals surface area contributed by atoms with Crippen LogP contribution in [0.3, 0.4) is 0 Å². The molecule has 0 heterocycles. The molecule has 4 heteroatoms. The van der Waals surface area contributed by atoms with Gasteiger partial charge in [0, 0.05) is 17.7 Å². The Morgan fingerprint density at radius 2 is 2.06 bits per heavy atom. The van der Waals surface area contributed by atoms with Crippen molar-refractivity contribution in [2.75, 3.05) is 7.11 Å². The molecule has 0 bridgehead atoms. The van der Waals surface area contributed by atoms with Crippen LogP contribution in [0.2, 0.25) is 5.02 Å². The van der Waals surface area contributed by atoms with Gasteiger partial charge in [-0.3, -0.25) is 0 Å². The summed E-state index contributed by atoms with van der Waals surface area (Å²) in [5.74, 6) is -0.434. The monoisotopic (exact) mass is 258 g/mol. The van der Waals surface area contributed by atoms with Gasteiger partial charge in [0.25, 0.3) is 0 Å². The van der Waals surface area contributed by atoms with Gasteiger partial charge in [-0.1, -0.05) is 17.7 Å². The summed E-state index contributed by atoms with van der Waals surface area (Å²) in [4.78, 5) is 0. The Bertz CT molecular complexity index is 400. The van der Waals surface area contributed by atoms with Crippen LogP contribution in [0.5, 0.6) is 0 Å². The molecule has 0 atom stereocenters. The number of halogens is 2. The second-order valence-electron chi connectivity index (χ2n) is 4.59. The average molecular weight is 259 g/mol. The van der Waals surface area contributed by atoms with Gasteiger partial charge in [-0.15, -0.1) is 0 Å². The maximum atomic E-state index is 13.8. The zero-order valence-electron chi connectivity index (χ0n) is 9.75. The van der Waals surface area contributed by atoms with E-state index in [0.717, 1.165) is 12.8 Å². The highest BCUT2D eigenvalue weighted by molar-refractivity contribution is 6.30. The van der Waals surface area contributed by atoms with Crippen LogP contribution in [0.4, 0.5) is 4.39 Å². The standard InChI is InChI=1S/C13H16ClFO2/c1-17-10-4-6-13(16,7-5-10)11-3-2-9(14)8-12(11)15/h2-3,8,10,16H,4-7H2,1H3. The lowest BCUT2D eigenvalue weighted by Crippen LogP contribution is -2.34. The summed E-state index contributed by atoms with van der Waals surface area (Å²) in [6.45, 7) is 0. The highest BCUT2D eigenvalue weighted by atomic mass is 35.5. The Labute approximate surface area is 105 Å². The fourth-order valence-electron chi connectivity index (χ4n) is 2.44. The van der Waals surface area contributed by atoms with Crippen molar-refractivity contribution >= 4 is 11.6 Å². The van der Waals surface area contributed by atoms with E-state index in [1.165, 1.54) is 6.07 Å². The first kappa shape index (κ1) is 12.8. The van der Waals surface area contributed by atoms with E-state index in [9.17, 15) is 9.50 Å². The van der Waals surface area contributed by atoms with E-state index in [1.54, 1.807) is 19.2 Å². The van der Waals surface area contributed by atoms with Gasteiger partial charge in [-0.2, -0.15) is 0 Å². The van der Waals surface area contributed by atoms with Crippen LogP contribution >= 0.6 is 11.6 Å². The number of aliphatic hydroxyl groups is 1. The van der Waals surface area contributed by atoms with Crippen LogP contribution in [0, 0.1) is 5.82 Å². The molecule has 1 aromatic carbocycles. The molecule has 0 aromatic heterocycles. The molecule has 2 nitrogen and oxygen atoms in total. The molecule has 1 saturated carbocycles. The number of methoxy groups -OCH3 is 1. The Morgan fingerprint density at radius 3 is 2.59 bits per heavy atom. The van der Waals surface area contributed by atoms with Gasteiger partial charge in [-0.25, -0.2) is 4.39 Å². The normalized spacial score (nSPS) is 29.3. The molecule has 0 saturated heterocycles. The van der Waals surface area contributed by atoms with Gasteiger partial charge < -0.3 is 9.84 Å². The van der Waals surface area contributed by atoms with Crippen molar-refractivity contribution in [3.05, 3.63) is 34.6 Å². The van der Waals surface area contributed by atoms with Gasteiger partial charge in [0.2, 0.25) is 0 Å². The summed E-state index contributed by atoms with van der Waals surface area (Å²) in [6.07, 6.45) is 2.70. The Hall–Kier alpha value is -0.640. The van der Waals surface area contributed by atoms with Crippen molar-refractivity contribution < 1.29 is 14.2 Å². The smallest absolute Gasteiger partial charge is 0.130 e. The van der Waals surface area contributed by atoms with Gasteiger partial charge in [-0.05, 0) is 37.8 Å². The van der Waals surface area contributed by atoms with Crippen molar-refractivity contribution in [2.45, 2.75) is 37.4 Å². The molecule has 1 aliphatic rings. The topological polar surface area (TPSA) is 29.5 Å². The third kappa shape index (κ3) is 2.62. The molecule has 1 fully saturated rings. The van der Waals surface area contributed by atoms with Crippen molar-refractivity contribution in [3.63, 3.8) is 0 Å². The van der Waals surface area contributed by atoms with Gasteiger partial charge >= 0.3 is 0 Å². The van der Waals surface area contributed by atoms with Gasteiger partial charge in [0.05, 0.1) is 11.7 Å². The lowest BCUT2D eigenvalue weighted by Gasteiger charge is -2.36. The van der Waals surface area contributed by atoms with Gasteiger partial charge in [0.15, 0.2) is 0 Å². The molecular formula is C13H16ClFO2. The lowest BCUT2D eigenvalue weighted by molar-refractivity contribution is -0.0493. The van der Waals surface area contributed by atoms with E-state index in [0.29, 0.717) is 23.4 Å². The molecule has 1 aromatic rings. The Kier molecular flexibility index (Phi) is 3.71. The molecule has 1 aliphatic carbocycles. The van der Waals surface area contributed by atoms with Crippen molar-refractivity contribution in [1.29, 1.82) is 0 Å². The van der Waals surface area contributed by atoms with Crippen LogP contribution in [0.1, 0.15) is 31.2 Å². The van der Waals surface area contributed by atoms with Crippen LogP contribution in [-0.4, -0.2) is 18.3 Å². The average Bonchev–Trinajstić information content (AvgIpc) is 2.29. The van der Waals surface area contributed by atoms with Crippen LogP contribution in [0.15, 0.2) is 18.2 Å². The van der Waals surface area contributed by atoms with Crippen molar-refractivity contribution in [2.24, 2.45) is 0 Å². The number of hydrogen-bond donors (Lipinski definition) is 1. The van der Waals surface area contributed by atoms with E-state index < -0.39 is 11.4 Å². The first-order valence-electron chi connectivity index (χ1n) is 5.76. The SMILES string of the molecule is COC1CCC(O)(c2ccc(Cl)cc2F)CC1. The van der Waals surface area contributed by atoms with Crippen LogP contribution in [0.25, 0.3) is 0 Å². The molecule has 2 rings (SSSR count). The largest absolute Gasteiger partial charge is 0.385 e. The van der Waals surface area contributed by atoms with Crippen molar-refractivity contribution in [3.8, 4) is 0 Å². The molecule has 17 heavy (non-hydrogen) atoms. The number of benzene rings is 1. The molecular weight excluding hydrogens is 243 g/mol. The summed E-state index contributed by atoms with van der Waals surface area (Å²) in [5.41, 5.74) is -0.736. The summed E-state index contributed by atoms with van der Waals surface area (Å²) >= 11 is 5.71. The predicted molar refractivity (Wildman–Crippen MR) is 64.6 cm³/mol. The van der Waals surface area contributed by atoms with E-state index in [4.69, 9.17) is 16.3 Å². The fourth-order valence-corrected chi connectivity index (χ4v) is 2.60. The first-order valence-corrected chi connectivity index (χ1v) is 6.14. The van der Waals surface area contributed by atoms with E-state index in [1.807, 2.05) is 0 Å². The third-order valence-corrected chi connectivity index (χ3v) is 3.76. The maximum absolute atomic E-state index is 13.8. The molecule has 0 aliphatic heterocycles. The number of rotatable bonds is 2. The second kappa shape index (κ2) is 4.92. The van der Waals surface area contributed by atoms with E-state index >= 15 is 0 Å². The summed E-state index contributed by atoms with van der Waals surface area (Å²) in [7, 11) is 1.66. The summed E-state index contributed by atoms with van der Waals surface area (Å²) in [6, 6.07) is 4.43. The summed E-state index contributed by atoms with van der Waals surface area (Å²) < 4.78 is 19.0. The minimum Gasteiger partial charge on any atom is -0.385 e. The number of ether oxygens (including phenoxy) is 1. The first-order chi connectivity index (χ1) is 8.05. The highest BCUT2D eigenvalue weighted by Crippen LogP contribution is 2.39. The minimum absolute atomic E-state index is 0.172. The maximum Gasteiger partial charge on any atom is 0.130 e. The fraction of sp³-hybridized carbons (Fsp3) is 0.538. The molecule has 94 valence electrons. The Balaban J connectivity index is 2.21. The van der Waals surface area contributed by atoms with Crippen molar-refractivity contribution in [1.82, 2.24) is 0 Å². The molecule has 0 amide bonds.